The van der Waals surface area contributed by atoms with Gasteiger partial charge < -0.3 is 5.32 Å². The molecule has 0 aliphatic carbocycles. The zero-order valence-corrected chi connectivity index (χ0v) is 15.6. The highest BCUT2D eigenvalue weighted by Crippen LogP contribution is 2.23. The van der Waals surface area contributed by atoms with Crippen LogP contribution in [-0.2, 0) is 4.79 Å². The molecule has 0 saturated heterocycles. The van der Waals surface area contributed by atoms with Gasteiger partial charge in [0.2, 0.25) is 5.91 Å². The molecule has 0 aliphatic rings. The number of aromatic nitrogens is 2. The highest BCUT2D eigenvalue weighted by atomic mass is 32.2. The van der Waals surface area contributed by atoms with Crippen molar-refractivity contribution in [1.82, 2.24) is 15.3 Å². The first-order valence-corrected chi connectivity index (χ1v) is 9.21. The lowest BCUT2D eigenvalue weighted by molar-refractivity contribution is -0.118. The predicted octanol–water partition coefficient (Wildman–Crippen LogP) is 3.74. The Hall–Kier alpha value is -1.88. The highest BCUT2D eigenvalue weighted by molar-refractivity contribution is 7.99. The van der Waals surface area contributed by atoms with Crippen LogP contribution in [-0.4, -0.2) is 28.2 Å². The van der Waals surface area contributed by atoms with E-state index in [1.165, 1.54) is 17.3 Å². The third-order valence-corrected chi connectivity index (χ3v) is 4.69. The Morgan fingerprint density at radius 2 is 1.75 bits per heavy atom. The normalized spacial score (nSPS) is 12.2. The number of benzene rings is 1. The molecule has 0 saturated carbocycles. The third kappa shape index (κ3) is 5.64. The number of aryl methyl sites for hydroxylation is 2. The molecule has 0 fully saturated rings. The van der Waals surface area contributed by atoms with E-state index in [-0.39, 0.29) is 5.91 Å². The van der Waals surface area contributed by atoms with E-state index >= 15 is 0 Å². The van der Waals surface area contributed by atoms with Crippen molar-refractivity contribution in [2.75, 3.05) is 12.3 Å². The highest BCUT2D eigenvalue weighted by Gasteiger charge is 2.16. The standard InChI is InChI=1S/C19H25N3OS/c1-13(2)17(16-8-6-5-7-9-16)11-20-18(23)12-24-19-21-14(3)10-15(4)22-19/h5-10,13,17H,11-12H2,1-4H3,(H,20,23). The quantitative estimate of drug-likeness (QED) is 0.614. The van der Waals surface area contributed by atoms with Gasteiger partial charge in [-0.05, 0) is 31.4 Å². The predicted molar refractivity (Wildman–Crippen MR) is 99.3 cm³/mol. The van der Waals surface area contributed by atoms with Gasteiger partial charge in [0, 0.05) is 23.9 Å². The number of thioether (sulfide) groups is 1. The summed E-state index contributed by atoms with van der Waals surface area (Å²) in [6.07, 6.45) is 0. The smallest absolute Gasteiger partial charge is 0.230 e. The maximum Gasteiger partial charge on any atom is 0.230 e. The van der Waals surface area contributed by atoms with Crippen LogP contribution < -0.4 is 5.32 Å². The van der Waals surface area contributed by atoms with Gasteiger partial charge >= 0.3 is 0 Å². The number of hydrogen-bond acceptors (Lipinski definition) is 4. The van der Waals surface area contributed by atoms with E-state index in [1.54, 1.807) is 0 Å². The molecule has 1 aromatic heterocycles. The minimum atomic E-state index is 0.0179. The molecule has 1 aromatic carbocycles. The second kappa shape index (κ2) is 8.83. The van der Waals surface area contributed by atoms with E-state index < -0.39 is 0 Å². The van der Waals surface area contributed by atoms with Crippen LogP contribution in [0.25, 0.3) is 0 Å². The lowest BCUT2D eigenvalue weighted by Crippen LogP contribution is -2.31. The third-order valence-electron chi connectivity index (χ3n) is 3.85. The molecular formula is C19H25N3OS. The van der Waals surface area contributed by atoms with Crippen molar-refractivity contribution < 1.29 is 4.79 Å². The number of hydrogen-bond donors (Lipinski definition) is 1. The minimum Gasteiger partial charge on any atom is -0.355 e. The summed E-state index contributed by atoms with van der Waals surface area (Å²) in [5.74, 6) is 1.13. The first-order chi connectivity index (χ1) is 11.5. The molecule has 0 aliphatic heterocycles. The van der Waals surface area contributed by atoms with Gasteiger partial charge in [0.05, 0.1) is 5.75 Å². The Balaban J connectivity index is 1.87. The Kier molecular flexibility index (Phi) is 6.79. The summed E-state index contributed by atoms with van der Waals surface area (Å²) in [6, 6.07) is 12.3. The largest absolute Gasteiger partial charge is 0.355 e. The van der Waals surface area contributed by atoms with Crippen LogP contribution in [0.5, 0.6) is 0 Å². The second-order valence-corrected chi connectivity index (χ2v) is 7.23. The van der Waals surface area contributed by atoms with E-state index in [1.807, 2.05) is 38.1 Å². The summed E-state index contributed by atoms with van der Waals surface area (Å²) in [5.41, 5.74) is 3.11. The first-order valence-electron chi connectivity index (χ1n) is 8.22. The Morgan fingerprint density at radius 3 is 2.33 bits per heavy atom. The van der Waals surface area contributed by atoms with Gasteiger partial charge in [-0.2, -0.15) is 0 Å². The molecule has 1 unspecified atom stereocenters. The Labute approximate surface area is 148 Å². The van der Waals surface area contributed by atoms with E-state index in [2.05, 4.69) is 41.3 Å². The molecule has 2 aromatic rings. The molecule has 5 heteroatoms. The Morgan fingerprint density at radius 1 is 1.12 bits per heavy atom. The van der Waals surface area contributed by atoms with Crippen LogP contribution in [0.3, 0.4) is 0 Å². The number of carbonyl (C=O) groups is 1. The molecular weight excluding hydrogens is 318 g/mol. The zero-order chi connectivity index (χ0) is 17.5. The van der Waals surface area contributed by atoms with Crippen molar-refractivity contribution in [3.8, 4) is 0 Å². The number of nitrogens with one attached hydrogen (secondary N) is 1. The summed E-state index contributed by atoms with van der Waals surface area (Å²) in [7, 11) is 0. The molecule has 128 valence electrons. The molecule has 1 atom stereocenters. The van der Waals surface area contributed by atoms with Crippen LogP contribution in [0.15, 0.2) is 41.6 Å². The first kappa shape index (κ1) is 18.5. The van der Waals surface area contributed by atoms with E-state index in [0.717, 1.165) is 11.4 Å². The molecule has 1 heterocycles. The topological polar surface area (TPSA) is 54.9 Å². The van der Waals surface area contributed by atoms with Gasteiger partial charge in [-0.3, -0.25) is 4.79 Å². The summed E-state index contributed by atoms with van der Waals surface area (Å²) in [6.45, 7) is 8.89. The lowest BCUT2D eigenvalue weighted by Gasteiger charge is -2.21. The monoisotopic (exact) mass is 343 g/mol. The fourth-order valence-electron chi connectivity index (χ4n) is 2.60. The van der Waals surface area contributed by atoms with Crippen molar-refractivity contribution in [3.05, 3.63) is 53.3 Å². The molecule has 4 nitrogen and oxygen atoms in total. The molecule has 24 heavy (non-hydrogen) atoms. The molecule has 1 N–H and O–H groups in total. The molecule has 0 radical (unpaired) electrons. The SMILES string of the molecule is Cc1cc(C)nc(SCC(=O)NCC(c2ccccc2)C(C)C)n1. The fourth-order valence-corrected chi connectivity index (χ4v) is 3.38. The molecule has 0 spiro atoms. The summed E-state index contributed by atoms with van der Waals surface area (Å²) in [4.78, 5) is 20.9. The maximum atomic E-state index is 12.2. The van der Waals surface area contributed by atoms with Crippen LogP contribution in [0.1, 0.15) is 36.7 Å². The summed E-state index contributed by atoms with van der Waals surface area (Å²) < 4.78 is 0. The molecule has 1 amide bonds. The van der Waals surface area contributed by atoms with E-state index in [0.29, 0.717) is 29.3 Å². The van der Waals surface area contributed by atoms with E-state index in [9.17, 15) is 4.79 Å². The van der Waals surface area contributed by atoms with Crippen molar-refractivity contribution >= 4 is 17.7 Å². The van der Waals surface area contributed by atoms with Crippen molar-refractivity contribution in [2.45, 2.75) is 38.8 Å². The van der Waals surface area contributed by atoms with Gasteiger partial charge in [0.1, 0.15) is 0 Å². The summed E-state index contributed by atoms with van der Waals surface area (Å²) >= 11 is 1.38. The molecule has 2 rings (SSSR count). The van der Waals surface area contributed by atoms with Crippen LogP contribution in [0.4, 0.5) is 0 Å². The van der Waals surface area contributed by atoms with Gasteiger partial charge in [-0.25, -0.2) is 9.97 Å². The van der Waals surface area contributed by atoms with E-state index in [4.69, 9.17) is 0 Å². The zero-order valence-electron chi connectivity index (χ0n) is 14.7. The number of amides is 1. The minimum absolute atomic E-state index is 0.0179. The van der Waals surface area contributed by atoms with Gasteiger partial charge in [-0.15, -0.1) is 0 Å². The fraction of sp³-hybridized carbons (Fsp3) is 0.421. The van der Waals surface area contributed by atoms with Gasteiger partial charge in [-0.1, -0.05) is 55.9 Å². The van der Waals surface area contributed by atoms with Gasteiger partial charge in [0.15, 0.2) is 5.16 Å². The number of rotatable bonds is 7. The Bertz CT molecular complexity index is 653. The number of carbonyl (C=O) groups excluding carboxylic acids is 1. The van der Waals surface area contributed by atoms with Crippen molar-refractivity contribution in [1.29, 1.82) is 0 Å². The number of nitrogens with zero attached hydrogens (tertiary/aromatic N) is 2. The van der Waals surface area contributed by atoms with Crippen LogP contribution >= 0.6 is 11.8 Å². The van der Waals surface area contributed by atoms with Crippen molar-refractivity contribution in [2.24, 2.45) is 5.92 Å². The maximum absolute atomic E-state index is 12.2. The van der Waals surface area contributed by atoms with Crippen molar-refractivity contribution in [3.63, 3.8) is 0 Å². The molecule has 0 bridgehead atoms. The average Bonchev–Trinajstić information content (AvgIpc) is 2.53. The average molecular weight is 343 g/mol. The van der Waals surface area contributed by atoms with Crippen LogP contribution in [0, 0.1) is 19.8 Å². The van der Waals surface area contributed by atoms with Gasteiger partial charge in [0.25, 0.3) is 0 Å². The summed E-state index contributed by atoms with van der Waals surface area (Å²) in [5, 5.41) is 3.71. The lowest BCUT2D eigenvalue weighted by atomic mass is 9.88. The van der Waals surface area contributed by atoms with Crippen LogP contribution in [0.2, 0.25) is 0 Å². The second-order valence-electron chi connectivity index (χ2n) is 6.29.